The van der Waals surface area contributed by atoms with Crippen LogP contribution in [0, 0.1) is 5.92 Å². The average molecular weight is 690 g/mol. The number of aliphatic hydroxyl groups excluding tert-OH is 1. The minimum absolute atomic E-state index is 0.00426. The van der Waals surface area contributed by atoms with Crippen LogP contribution >= 0.6 is 37.9 Å². The summed E-state index contributed by atoms with van der Waals surface area (Å²) < 4.78 is 70.5. The highest BCUT2D eigenvalue weighted by atomic mass is 32.7. The molecule has 2 unspecified atom stereocenters. The number of aromatic nitrogens is 8. The zero-order valence-corrected chi connectivity index (χ0v) is 26.3. The molecule has 0 amide bonds. The van der Waals surface area contributed by atoms with Gasteiger partial charge in [0.25, 0.3) is 12.1 Å². The van der Waals surface area contributed by atoms with Gasteiger partial charge in [-0.25, -0.2) is 33.9 Å². The van der Waals surface area contributed by atoms with Crippen molar-refractivity contribution < 1.29 is 36.9 Å². The fourth-order valence-electron chi connectivity index (χ4n) is 6.04. The summed E-state index contributed by atoms with van der Waals surface area (Å²) in [5, 5.41) is 11.3. The number of rotatable bonds is 2. The van der Waals surface area contributed by atoms with E-state index in [1.165, 1.54) is 41.5 Å². The molecule has 4 aromatic heterocycles. The molecular weight excluding hydrogens is 663 g/mol. The molecule has 17 nitrogen and oxygen atoms in total. The third kappa shape index (κ3) is 5.09. The normalized spacial score (nSPS) is 38.0. The molecule has 10 atom stereocenters. The number of nitrogens with zero attached hydrogens (tertiary/aromatic N) is 8. The SMILES string of the molecule is Cn1cnc2c(ncn2[C@@H]2C[C@@H]3OP(=O)(S)O[C@H]4[C@@H](F)[C@H](n5cnc6c(N)ncnc65)O[C@@H]4COP(=O)(S)C[C@@H]2[C@@H]3O)c1=O. The molecule has 1 saturated carbocycles. The van der Waals surface area contributed by atoms with Gasteiger partial charge in [-0.2, -0.15) is 0 Å². The zero-order valence-electron chi connectivity index (χ0n) is 22.7. The molecule has 4 aromatic rings. The summed E-state index contributed by atoms with van der Waals surface area (Å²) in [4.78, 5) is 33.2. The van der Waals surface area contributed by atoms with Gasteiger partial charge in [-0.3, -0.25) is 23.0 Å². The molecule has 3 fully saturated rings. The maximum absolute atomic E-state index is 16.1. The predicted octanol–water partition coefficient (Wildman–Crippen LogP) is 1.67. The van der Waals surface area contributed by atoms with Crippen molar-refractivity contribution in [1.29, 1.82) is 0 Å². The summed E-state index contributed by atoms with van der Waals surface area (Å²) in [6.07, 6.45) is -3.81. The summed E-state index contributed by atoms with van der Waals surface area (Å²) in [5.41, 5.74) is 6.19. The van der Waals surface area contributed by atoms with Crippen LogP contribution in [0.1, 0.15) is 18.7 Å². The van der Waals surface area contributed by atoms with E-state index in [1.54, 1.807) is 4.57 Å². The van der Waals surface area contributed by atoms with Gasteiger partial charge in [-0.1, -0.05) is 24.5 Å². The van der Waals surface area contributed by atoms with Gasteiger partial charge in [0.1, 0.15) is 24.1 Å². The summed E-state index contributed by atoms with van der Waals surface area (Å²) in [5.74, 6) is -0.768. The number of ether oxygens (including phenoxy) is 1. The maximum atomic E-state index is 16.1. The number of thiol groups is 2. The summed E-state index contributed by atoms with van der Waals surface area (Å²) >= 11 is 8.41. The van der Waals surface area contributed by atoms with Gasteiger partial charge in [0.05, 0.1) is 37.8 Å². The first kappa shape index (κ1) is 30.3. The van der Waals surface area contributed by atoms with E-state index < -0.39 is 68.8 Å². The Morgan fingerprint density at radius 2 is 1.75 bits per heavy atom. The van der Waals surface area contributed by atoms with Crippen LogP contribution in [0.15, 0.2) is 30.1 Å². The molecule has 0 aromatic carbocycles. The first-order chi connectivity index (χ1) is 20.8. The van der Waals surface area contributed by atoms with E-state index >= 15 is 4.39 Å². The number of alkyl halides is 1. The zero-order chi connectivity index (χ0) is 31.1. The molecule has 22 heteroatoms. The second kappa shape index (κ2) is 10.8. The quantitative estimate of drug-likeness (QED) is 0.174. The molecule has 6 heterocycles. The van der Waals surface area contributed by atoms with Crippen LogP contribution in [0.25, 0.3) is 22.3 Å². The molecule has 1 aliphatic carbocycles. The number of nitrogen functional groups attached to an aromatic ring is 1. The van der Waals surface area contributed by atoms with E-state index in [4.69, 9.17) is 24.0 Å². The Hall–Kier alpha value is -2.41. The number of fused-ring (bicyclic) bond motifs is 5. The van der Waals surface area contributed by atoms with Crippen LogP contribution in [-0.2, 0) is 34.5 Å². The minimum Gasteiger partial charge on any atom is -0.390 e. The van der Waals surface area contributed by atoms with E-state index in [9.17, 15) is 19.0 Å². The standard InChI is InChI=1S/C22H26FN9O8P2S2/c1-30-6-29-20-15(21(30)34)28-7-31(20)10-2-11-16(33)9(10)4-41(35,43)37-3-12-17(40-42(36,44)39-11)13(23)22(38-12)32-8-27-14-18(24)25-5-26-19(14)32/h5-13,16-17,22,33H,2-4H2,1H3,(H,35,43)(H,36,44)(H2,24,25,26)/t9-,10+,11-,12+,13+,16-,17+,22+,41?,42?/m0/s1. The second-order valence-electron chi connectivity index (χ2n) is 10.8. The molecule has 44 heavy (non-hydrogen) atoms. The van der Waals surface area contributed by atoms with E-state index in [-0.39, 0.29) is 46.3 Å². The first-order valence-electron chi connectivity index (χ1n) is 13.3. The lowest BCUT2D eigenvalue weighted by Gasteiger charge is -2.29. The lowest BCUT2D eigenvalue weighted by molar-refractivity contribution is -0.0411. The molecule has 3 N–H and O–H groups in total. The largest absolute Gasteiger partial charge is 0.390 e. The van der Waals surface area contributed by atoms with Crippen molar-refractivity contribution in [3.8, 4) is 0 Å². The number of nitrogens with two attached hydrogens (primary N) is 1. The number of aliphatic hydroxyl groups is 1. The molecule has 236 valence electrons. The third-order valence-electron chi connectivity index (χ3n) is 8.12. The van der Waals surface area contributed by atoms with Crippen molar-refractivity contribution in [2.24, 2.45) is 13.0 Å². The van der Waals surface area contributed by atoms with Crippen LogP contribution in [0.4, 0.5) is 10.2 Å². The summed E-state index contributed by atoms with van der Waals surface area (Å²) in [7, 11) is 1.53. The van der Waals surface area contributed by atoms with Crippen molar-refractivity contribution in [3.63, 3.8) is 0 Å². The van der Waals surface area contributed by atoms with Crippen LogP contribution in [-0.4, -0.2) is 87.1 Å². The number of anilines is 1. The first-order valence-corrected chi connectivity index (χ1v) is 18.9. The Bertz CT molecular complexity index is 1930. The number of hydrogen-bond acceptors (Lipinski definition) is 14. The molecule has 3 aliphatic rings. The Morgan fingerprint density at radius 1 is 1.02 bits per heavy atom. The number of halogens is 1. The summed E-state index contributed by atoms with van der Waals surface area (Å²) in [6, 6.07) is -0.684. The molecule has 2 saturated heterocycles. The molecule has 2 bridgehead atoms. The van der Waals surface area contributed by atoms with Crippen molar-refractivity contribution in [2.45, 2.75) is 49.3 Å². The Morgan fingerprint density at radius 3 is 2.55 bits per heavy atom. The Labute approximate surface area is 257 Å². The maximum Gasteiger partial charge on any atom is 0.386 e. The van der Waals surface area contributed by atoms with Crippen LogP contribution in [0.3, 0.4) is 0 Å². The summed E-state index contributed by atoms with van der Waals surface area (Å²) in [6.45, 7) is -8.67. The van der Waals surface area contributed by atoms with Crippen molar-refractivity contribution in [3.05, 3.63) is 35.7 Å². The highest BCUT2D eigenvalue weighted by Crippen LogP contribution is 2.63. The predicted molar refractivity (Wildman–Crippen MR) is 158 cm³/mol. The molecular formula is C22H26FN9O8P2S2. The van der Waals surface area contributed by atoms with Crippen molar-refractivity contribution in [2.75, 3.05) is 18.5 Å². The highest BCUT2D eigenvalue weighted by molar-refractivity contribution is 8.46. The van der Waals surface area contributed by atoms with Crippen LogP contribution < -0.4 is 11.3 Å². The topological polar surface area (TPSA) is 214 Å². The Kier molecular flexibility index (Phi) is 7.46. The lowest BCUT2D eigenvalue weighted by Crippen LogP contribution is -2.36. The Balaban J connectivity index is 1.22. The van der Waals surface area contributed by atoms with Gasteiger partial charge in [-0.15, -0.1) is 0 Å². The van der Waals surface area contributed by atoms with Gasteiger partial charge in [0.15, 0.2) is 35.0 Å². The van der Waals surface area contributed by atoms with Gasteiger partial charge in [0.2, 0.25) is 0 Å². The molecule has 0 spiro atoms. The lowest BCUT2D eigenvalue weighted by atomic mass is 10.0. The van der Waals surface area contributed by atoms with Gasteiger partial charge >= 0.3 is 6.80 Å². The van der Waals surface area contributed by atoms with E-state index in [2.05, 4.69) is 49.4 Å². The fraction of sp³-hybridized carbons (Fsp3) is 0.545. The smallest absolute Gasteiger partial charge is 0.386 e. The van der Waals surface area contributed by atoms with E-state index in [0.29, 0.717) is 0 Å². The highest BCUT2D eigenvalue weighted by Gasteiger charge is 2.54. The van der Waals surface area contributed by atoms with Crippen molar-refractivity contribution in [1.82, 2.24) is 38.6 Å². The number of imidazole rings is 2. The van der Waals surface area contributed by atoms with E-state index in [1.807, 2.05) is 0 Å². The molecule has 7 rings (SSSR count). The van der Waals surface area contributed by atoms with Crippen LogP contribution in [0.5, 0.6) is 0 Å². The minimum atomic E-state index is -4.38. The molecule has 0 radical (unpaired) electrons. The van der Waals surface area contributed by atoms with E-state index in [0.717, 1.165) is 0 Å². The van der Waals surface area contributed by atoms with Gasteiger partial charge < -0.3 is 29.2 Å². The van der Waals surface area contributed by atoms with Gasteiger partial charge in [0, 0.05) is 25.2 Å². The molecule has 2 aliphatic heterocycles. The monoisotopic (exact) mass is 689 g/mol. The average Bonchev–Trinajstić information content (AvgIpc) is 3.72. The van der Waals surface area contributed by atoms with Crippen molar-refractivity contribution >= 4 is 66.0 Å². The second-order valence-corrected chi connectivity index (χ2v) is 17.4. The van der Waals surface area contributed by atoms with Gasteiger partial charge in [-0.05, 0) is 6.42 Å². The number of hydrogen-bond donors (Lipinski definition) is 4. The van der Waals surface area contributed by atoms with Crippen LogP contribution in [0.2, 0.25) is 0 Å². The number of aryl methyl sites for hydroxylation is 1. The fourth-order valence-corrected chi connectivity index (χ4v) is 10.1. The third-order valence-corrected chi connectivity index (χ3v) is 12.0.